The molecule has 1 N–H and O–H groups in total. The number of nitrogens with zero attached hydrogens (tertiary/aromatic N) is 3. The van der Waals surface area contributed by atoms with Gasteiger partial charge in [0.1, 0.15) is 0 Å². The Hall–Kier alpha value is -0.0800. The zero-order chi connectivity index (χ0) is 18.1. The van der Waals surface area contributed by atoms with Crippen LogP contribution in [-0.4, -0.2) is 73.8 Å². The summed E-state index contributed by atoms with van der Waals surface area (Å²) in [5.74, 6) is 1.91. The van der Waals surface area contributed by atoms with E-state index in [9.17, 15) is 0 Å². The maximum atomic E-state index is 5.78. The highest BCUT2D eigenvalue weighted by Gasteiger charge is 2.58. The summed E-state index contributed by atoms with van der Waals surface area (Å²) in [5.41, 5.74) is 0.0796. The predicted octanol–water partition coefficient (Wildman–Crippen LogP) is 3.19. The van der Waals surface area contributed by atoms with E-state index in [1.807, 2.05) is 7.11 Å². The quantitative estimate of drug-likeness (QED) is 0.375. The molecule has 3 fully saturated rings. The van der Waals surface area contributed by atoms with Gasteiger partial charge in [-0.25, -0.2) is 0 Å². The first kappa shape index (κ1) is 22.2. The van der Waals surface area contributed by atoms with Gasteiger partial charge in [-0.3, -0.25) is 4.99 Å². The van der Waals surface area contributed by atoms with Crippen molar-refractivity contribution in [2.75, 3.05) is 46.4 Å². The van der Waals surface area contributed by atoms with Crippen LogP contribution in [0.2, 0.25) is 0 Å². The monoisotopic (exact) mass is 478 g/mol. The Morgan fingerprint density at radius 1 is 1.19 bits per heavy atom. The Bertz CT molecular complexity index is 492. The van der Waals surface area contributed by atoms with E-state index in [1.54, 1.807) is 0 Å². The fraction of sp³-hybridized carbons (Fsp3) is 0.950. The van der Waals surface area contributed by atoms with E-state index in [-0.39, 0.29) is 35.0 Å². The molecule has 6 heteroatoms. The van der Waals surface area contributed by atoms with Crippen LogP contribution >= 0.6 is 24.0 Å². The van der Waals surface area contributed by atoms with Crippen LogP contribution in [0.4, 0.5) is 0 Å². The molecule has 0 radical (unpaired) electrons. The Morgan fingerprint density at radius 3 is 2.46 bits per heavy atom. The maximum Gasteiger partial charge on any atom is 0.194 e. The summed E-state index contributed by atoms with van der Waals surface area (Å²) in [5, 5.41) is 3.77. The molecule has 3 rings (SSSR count). The molecule has 2 saturated heterocycles. The molecule has 3 unspecified atom stereocenters. The molecule has 5 nitrogen and oxygen atoms in total. The highest BCUT2D eigenvalue weighted by atomic mass is 127. The van der Waals surface area contributed by atoms with Crippen LogP contribution in [0.15, 0.2) is 4.99 Å². The molecule has 0 amide bonds. The van der Waals surface area contributed by atoms with E-state index in [0.29, 0.717) is 6.04 Å². The number of likely N-dealkylation sites (tertiary alicyclic amines) is 2. The summed E-state index contributed by atoms with van der Waals surface area (Å²) in [6, 6.07) is 0.431. The topological polar surface area (TPSA) is 40.1 Å². The van der Waals surface area contributed by atoms with Crippen molar-refractivity contribution in [2.24, 2.45) is 16.3 Å². The van der Waals surface area contributed by atoms with Crippen molar-refractivity contribution in [1.82, 2.24) is 15.1 Å². The van der Waals surface area contributed by atoms with Crippen LogP contribution in [0.25, 0.3) is 0 Å². The Kier molecular flexibility index (Phi) is 7.64. The van der Waals surface area contributed by atoms with Crippen molar-refractivity contribution >= 4 is 29.9 Å². The molecule has 152 valence electrons. The molecule has 2 heterocycles. The van der Waals surface area contributed by atoms with Gasteiger partial charge >= 0.3 is 0 Å². The fourth-order valence-corrected chi connectivity index (χ4v) is 4.77. The number of ether oxygens (including phenoxy) is 1. The standard InChI is InChI=1S/C20H38N4O.HI/c1-6-21-18(22-17-13-20(4,25-5)19(17,2)3)24-12-9-16(15-24)14-23-10-7-8-11-23;/h16-17H,6-15H2,1-5H3,(H,21,22);1H. The van der Waals surface area contributed by atoms with Crippen molar-refractivity contribution in [1.29, 1.82) is 0 Å². The second-order valence-corrected chi connectivity index (χ2v) is 8.96. The molecule has 1 aliphatic carbocycles. The number of halogens is 1. The molecule has 2 aliphatic heterocycles. The van der Waals surface area contributed by atoms with Gasteiger partial charge in [-0.1, -0.05) is 13.8 Å². The summed E-state index contributed by atoms with van der Waals surface area (Å²) in [7, 11) is 1.84. The third-order valence-corrected chi connectivity index (χ3v) is 7.19. The average molecular weight is 478 g/mol. The van der Waals surface area contributed by atoms with Crippen molar-refractivity contribution in [2.45, 2.75) is 65.0 Å². The molecular weight excluding hydrogens is 439 g/mol. The van der Waals surface area contributed by atoms with Gasteiger partial charge in [0, 0.05) is 44.7 Å². The van der Waals surface area contributed by atoms with Crippen molar-refractivity contribution < 1.29 is 4.74 Å². The zero-order valence-electron chi connectivity index (χ0n) is 17.4. The van der Waals surface area contributed by atoms with Gasteiger partial charge < -0.3 is 19.9 Å². The first-order valence-corrected chi connectivity index (χ1v) is 10.2. The minimum absolute atomic E-state index is 0. The number of guanidine groups is 1. The lowest BCUT2D eigenvalue weighted by molar-refractivity contribution is -0.176. The molecule has 0 aromatic heterocycles. The Balaban J connectivity index is 0.00000243. The number of hydrogen-bond donors (Lipinski definition) is 1. The largest absolute Gasteiger partial charge is 0.378 e. The van der Waals surface area contributed by atoms with Crippen LogP contribution in [0.1, 0.15) is 53.4 Å². The fourth-order valence-electron chi connectivity index (χ4n) is 4.77. The summed E-state index contributed by atoms with van der Waals surface area (Å²) >= 11 is 0. The van der Waals surface area contributed by atoms with E-state index in [2.05, 4.69) is 42.8 Å². The first-order chi connectivity index (χ1) is 11.9. The number of rotatable bonds is 5. The molecule has 0 aromatic carbocycles. The van der Waals surface area contributed by atoms with E-state index in [4.69, 9.17) is 9.73 Å². The lowest BCUT2D eigenvalue weighted by Gasteiger charge is -2.59. The van der Waals surface area contributed by atoms with E-state index in [1.165, 1.54) is 38.9 Å². The second kappa shape index (κ2) is 8.95. The predicted molar refractivity (Wildman–Crippen MR) is 119 cm³/mol. The summed E-state index contributed by atoms with van der Waals surface area (Å²) in [6.07, 6.45) is 5.11. The van der Waals surface area contributed by atoms with Gasteiger partial charge in [-0.15, -0.1) is 24.0 Å². The summed E-state index contributed by atoms with van der Waals surface area (Å²) < 4.78 is 5.78. The molecule has 0 spiro atoms. The smallest absolute Gasteiger partial charge is 0.194 e. The first-order valence-electron chi connectivity index (χ1n) is 10.2. The van der Waals surface area contributed by atoms with E-state index >= 15 is 0 Å². The van der Waals surface area contributed by atoms with Gasteiger partial charge in [0.2, 0.25) is 0 Å². The molecule has 0 bridgehead atoms. The summed E-state index contributed by atoms with van der Waals surface area (Å²) in [6.45, 7) is 16.0. The maximum absolute atomic E-state index is 5.78. The lowest BCUT2D eigenvalue weighted by Crippen LogP contribution is -2.69. The molecule has 26 heavy (non-hydrogen) atoms. The van der Waals surface area contributed by atoms with Gasteiger partial charge in [0.25, 0.3) is 0 Å². The van der Waals surface area contributed by atoms with Crippen molar-refractivity contribution in [3.05, 3.63) is 0 Å². The van der Waals surface area contributed by atoms with Crippen LogP contribution < -0.4 is 5.32 Å². The second-order valence-electron chi connectivity index (χ2n) is 8.96. The Morgan fingerprint density at radius 2 is 1.88 bits per heavy atom. The molecule has 1 saturated carbocycles. The van der Waals surface area contributed by atoms with Crippen molar-refractivity contribution in [3.8, 4) is 0 Å². The minimum atomic E-state index is -0.0364. The van der Waals surface area contributed by atoms with E-state index in [0.717, 1.165) is 37.9 Å². The number of aliphatic imine (C=N–C) groups is 1. The van der Waals surface area contributed by atoms with Gasteiger partial charge in [-0.2, -0.15) is 0 Å². The number of methoxy groups -OCH3 is 1. The molecule has 3 aliphatic rings. The van der Waals surface area contributed by atoms with Crippen LogP contribution in [0, 0.1) is 11.3 Å². The number of hydrogen-bond acceptors (Lipinski definition) is 3. The zero-order valence-corrected chi connectivity index (χ0v) is 19.7. The third kappa shape index (κ3) is 4.32. The number of nitrogens with one attached hydrogen (secondary N) is 1. The van der Waals surface area contributed by atoms with Crippen LogP contribution in [0.5, 0.6) is 0 Å². The molecule has 0 aromatic rings. The average Bonchev–Trinajstić information content (AvgIpc) is 3.26. The molecule has 3 atom stereocenters. The molecular formula is C20H39IN4O. The van der Waals surface area contributed by atoms with Gasteiger partial charge in [0.05, 0.1) is 5.60 Å². The normalized spacial score (nSPS) is 34.5. The van der Waals surface area contributed by atoms with E-state index < -0.39 is 0 Å². The van der Waals surface area contributed by atoms with Crippen LogP contribution in [-0.2, 0) is 4.74 Å². The third-order valence-electron chi connectivity index (χ3n) is 7.19. The highest BCUT2D eigenvalue weighted by molar-refractivity contribution is 14.0. The Labute approximate surface area is 177 Å². The van der Waals surface area contributed by atoms with Crippen LogP contribution in [0.3, 0.4) is 0 Å². The van der Waals surface area contributed by atoms with Gasteiger partial charge in [-0.05, 0) is 58.5 Å². The highest BCUT2D eigenvalue weighted by Crippen LogP contribution is 2.51. The lowest BCUT2D eigenvalue weighted by atomic mass is 9.56. The van der Waals surface area contributed by atoms with Gasteiger partial charge in [0.15, 0.2) is 5.96 Å². The minimum Gasteiger partial charge on any atom is -0.378 e. The van der Waals surface area contributed by atoms with Crippen molar-refractivity contribution in [3.63, 3.8) is 0 Å². The SMILES string of the molecule is CCN=C(NC1CC(C)(OC)C1(C)C)N1CCC(CN2CCCC2)C1.I. The summed E-state index contributed by atoms with van der Waals surface area (Å²) in [4.78, 5) is 9.95.